The van der Waals surface area contributed by atoms with E-state index in [9.17, 15) is 0 Å². The van der Waals surface area contributed by atoms with E-state index in [1.165, 1.54) is 13.1 Å². The van der Waals surface area contributed by atoms with Gasteiger partial charge in [0.25, 0.3) is 0 Å². The predicted octanol–water partition coefficient (Wildman–Crippen LogP) is 0.753. The molecule has 1 saturated heterocycles. The van der Waals surface area contributed by atoms with Gasteiger partial charge in [-0.2, -0.15) is 0 Å². The molecule has 0 aliphatic carbocycles. The van der Waals surface area contributed by atoms with Gasteiger partial charge in [-0.1, -0.05) is 0 Å². The molecule has 1 aromatic heterocycles. The van der Waals surface area contributed by atoms with Crippen LogP contribution in [0.1, 0.15) is 11.4 Å². The zero-order chi connectivity index (χ0) is 13.0. The molecule has 1 N–H and O–H groups in total. The van der Waals surface area contributed by atoms with Gasteiger partial charge in [0.2, 0.25) is 0 Å². The molecule has 100 valence electrons. The van der Waals surface area contributed by atoms with Gasteiger partial charge in [-0.05, 0) is 20.9 Å². The van der Waals surface area contributed by atoms with Gasteiger partial charge in [0.05, 0.1) is 11.4 Å². The maximum Gasteiger partial charge on any atom is 0.147 e. The zero-order valence-corrected chi connectivity index (χ0v) is 11.6. The van der Waals surface area contributed by atoms with Gasteiger partial charge >= 0.3 is 0 Å². The van der Waals surface area contributed by atoms with E-state index in [0.717, 1.165) is 43.4 Å². The minimum absolute atomic E-state index is 0.920. The molecule has 0 bridgehead atoms. The van der Waals surface area contributed by atoms with E-state index in [1.54, 1.807) is 6.20 Å². The number of aryl methyl sites for hydroxylation is 2. The van der Waals surface area contributed by atoms with Crippen LogP contribution in [0.25, 0.3) is 0 Å². The highest BCUT2D eigenvalue weighted by atomic mass is 15.2. The number of nitrogens with one attached hydrogen (secondary N) is 1. The van der Waals surface area contributed by atoms with Crippen LogP contribution in [0.5, 0.6) is 0 Å². The van der Waals surface area contributed by atoms with E-state index >= 15 is 0 Å². The quantitative estimate of drug-likeness (QED) is 0.853. The Morgan fingerprint density at radius 3 is 2.67 bits per heavy atom. The number of likely N-dealkylation sites (N-methyl/N-ethyl adjacent to an activating group) is 1. The first-order chi connectivity index (χ1) is 8.65. The molecule has 0 spiro atoms. The lowest BCUT2D eigenvalue weighted by Gasteiger charge is -2.32. The van der Waals surface area contributed by atoms with Gasteiger partial charge in [-0.15, -0.1) is 0 Å². The van der Waals surface area contributed by atoms with Crippen LogP contribution in [0.2, 0.25) is 0 Å². The minimum atomic E-state index is 0.920. The fraction of sp³-hybridized carbons (Fsp3) is 0.692. The lowest BCUT2D eigenvalue weighted by atomic mass is 10.3. The Morgan fingerprint density at radius 1 is 1.22 bits per heavy atom. The fourth-order valence-electron chi connectivity index (χ4n) is 2.11. The molecule has 2 rings (SSSR count). The number of hydrogen-bond acceptors (Lipinski definition) is 5. The summed E-state index contributed by atoms with van der Waals surface area (Å²) in [4.78, 5) is 13.6. The van der Waals surface area contributed by atoms with Gasteiger partial charge in [0.1, 0.15) is 5.82 Å². The van der Waals surface area contributed by atoms with Crippen LogP contribution in [0.15, 0.2) is 6.20 Å². The lowest BCUT2D eigenvalue weighted by molar-refractivity contribution is 0.158. The Hall–Kier alpha value is -1.20. The number of piperazine rings is 1. The normalized spacial score (nSPS) is 17.9. The van der Waals surface area contributed by atoms with Crippen molar-refractivity contribution in [2.24, 2.45) is 0 Å². The van der Waals surface area contributed by atoms with Crippen molar-refractivity contribution < 1.29 is 0 Å². The molecular formula is C13H23N5. The molecule has 0 amide bonds. The molecular weight excluding hydrogens is 226 g/mol. The third kappa shape index (κ3) is 3.65. The van der Waals surface area contributed by atoms with Crippen molar-refractivity contribution in [1.82, 2.24) is 19.8 Å². The van der Waals surface area contributed by atoms with Crippen LogP contribution in [-0.4, -0.2) is 66.1 Å². The number of nitrogens with zero attached hydrogens (tertiary/aromatic N) is 4. The Kier molecular flexibility index (Phi) is 4.49. The Morgan fingerprint density at radius 2 is 1.94 bits per heavy atom. The third-order valence-electron chi connectivity index (χ3n) is 3.39. The molecule has 1 aliphatic rings. The summed E-state index contributed by atoms with van der Waals surface area (Å²) in [6.07, 6.45) is 1.81. The Balaban J connectivity index is 1.76. The topological polar surface area (TPSA) is 44.3 Å². The summed E-state index contributed by atoms with van der Waals surface area (Å²) >= 11 is 0. The summed E-state index contributed by atoms with van der Waals surface area (Å²) in [5.74, 6) is 0.920. The number of hydrogen-bond donors (Lipinski definition) is 1. The molecule has 0 atom stereocenters. The second-order valence-corrected chi connectivity index (χ2v) is 5.02. The molecule has 18 heavy (non-hydrogen) atoms. The maximum absolute atomic E-state index is 4.47. The Labute approximate surface area is 109 Å². The van der Waals surface area contributed by atoms with E-state index in [-0.39, 0.29) is 0 Å². The predicted molar refractivity (Wildman–Crippen MR) is 73.9 cm³/mol. The average Bonchev–Trinajstić information content (AvgIpc) is 2.36. The molecule has 1 aromatic rings. The molecule has 2 heterocycles. The van der Waals surface area contributed by atoms with Crippen LogP contribution >= 0.6 is 0 Å². The average molecular weight is 249 g/mol. The number of aromatic nitrogens is 2. The summed E-state index contributed by atoms with van der Waals surface area (Å²) in [6.45, 7) is 10.6. The molecule has 0 radical (unpaired) electrons. The first-order valence-electron chi connectivity index (χ1n) is 6.60. The fourth-order valence-corrected chi connectivity index (χ4v) is 2.11. The smallest absolute Gasteiger partial charge is 0.147 e. The summed E-state index contributed by atoms with van der Waals surface area (Å²) < 4.78 is 0. The minimum Gasteiger partial charge on any atom is -0.367 e. The standard InChI is InChI=1S/C13H23N5/c1-11-10-15-12(2)13(16-11)14-4-5-18-8-6-17(3)7-9-18/h10H,4-9H2,1-3H3,(H,14,16). The number of anilines is 1. The highest BCUT2D eigenvalue weighted by Crippen LogP contribution is 2.08. The van der Waals surface area contributed by atoms with E-state index in [0.29, 0.717) is 0 Å². The highest BCUT2D eigenvalue weighted by molar-refractivity contribution is 5.39. The van der Waals surface area contributed by atoms with Crippen molar-refractivity contribution >= 4 is 5.82 Å². The first-order valence-corrected chi connectivity index (χ1v) is 6.60. The van der Waals surface area contributed by atoms with E-state index in [2.05, 4.69) is 32.1 Å². The monoisotopic (exact) mass is 249 g/mol. The number of rotatable bonds is 4. The largest absolute Gasteiger partial charge is 0.367 e. The summed E-state index contributed by atoms with van der Waals surface area (Å²) in [5, 5.41) is 3.38. The first kappa shape index (κ1) is 13.2. The molecule has 0 aromatic carbocycles. The molecule has 5 nitrogen and oxygen atoms in total. The lowest BCUT2D eigenvalue weighted by Crippen LogP contribution is -2.45. The second kappa shape index (κ2) is 6.11. The van der Waals surface area contributed by atoms with Crippen LogP contribution in [0, 0.1) is 13.8 Å². The highest BCUT2D eigenvalue weighted by Gasteiger charge is 2.13. The summed E-state index contributed by atoms with van der Waals surface area (Å²) in [7, 11) is 2.18. The van der Waals surface area contributed by atoms with Gasteiger partial charge in [-0.25, -0.2) is 4.98 Å². The Bertz CT molecular complexity index is 385. The SMILES string of the molecule is Cc1cnc(C)c(NCCN2CCN(C)CC2)n1. The van der Waals surface area contributed by atoms with E-state index < -0.39 is 0 Å². The van der Waals surface area contributed by atoms with Gasteiger partial charge in [-0.3, -0.25) is 9.88 Å². The maximum atomic E-state index is 4.47. The van der Waals surface area contributed by atoms with Crippen molar-refractivity contribution in [2.75, 3.05) is 51.6 Å². The van der Waals surface area contributed by atoms with Crippen molar-refractivity contribution in [2.45, 2.75) is 13.8 Å². The van der Waals surface area contributed by atoms with Crippen LogP contribution in [-0.2, 0) is 0 Å². The molecule has 0 unspecified atom stereocenters. The molecule has 0 saturated carbocycles. The zero-order valence-electron chi connectivity index (χ0n) is 11.6. The summed E-state index contributed by atoms with van der Waals surface area (Å²) in [5.41, 5.74) is 1.93. The van der Waals surface area contributed by atoms with Crippen molar-refractivity contribution in [3.63, 3.8) is 0 Å². The third-order valence-corrected chi connectivity index (χ3v) is 3.39. The van der Waals surface area contributed by atoms with Gasteiger partial charge < -0.3 is 10.2 Å². The van der Waals surface area contributed by atoms with E-state index in [1.807, 2.05) is 13.8 Å². The second-order valence-electron chi connectivity index (χ2n) is 5.02. The van der Waals surface area contributed by atoms with Crippen LogP contribution in [0.3, 0.4) is 0 Å². The molecule has 1 fully saturated rings. The van der Waals surface area contributed by atoms with Crippen molar-refractivity contribution in [3.8, 4) is 0 Å². The van der Waals surface area contributed by atoms with Crippen molar-refractivity contribution in [3.05, 3.63) is 17.6 Å². The van der Waals surface area contributed by atoms with Crippen molar-refractivity contribution in [1.29, 1.82) is 0 Å². The van der Waals surface area contributed by atoms with Crippen LogP contribution < -0.4 is 5.32 Å². The van der Waals surface area contributed by atoms with E-state index in [4.69, 9.17) is 0 Å². The van der Waals surface area contributed by atoms with Crippen LogP contribution in [0.4, 0.5) is 5.82 Å². The van der Waals surface area contributed by atoms with Gasteiger partial charge in [0.15, 0.2) is 0 Å². The molecule has 5 heteroatoms. The molecule has 1 aliphatic heterocycles. The van der Waals surface area contributed by atoms with Gasteiger partial charge in [0, 0.05) is 45.5 Å². The summed E-state index contributed by atoms with van der Waals surface area (Å²) in [6, 6.07) is 0.